The van der Waals surface area contributed by atoms with Crippen molar-refractivity contribution < 1.29 is 9.21 Å². The number of oxazole rings is 1. The topological polar surface area (TPSA) is 85.0 Å². The minimum atomic E-state index is -0.213. The molecule has 22 heavy (non-hydrogen) atoms. The molecule has 2 N–H and O–H groups in total. The van der Waals surface area contributed by atoms with E-state index in [2.05, 4.69) is 20.7 Å². The van der Waals surface area contributed by atoms with Crippen LogP contribution in [0.3, 0.4) is 0 Å². The molecule has 0 saturated carbocycles. The van der Waals surface area contributed by atoms with Crippen molar-refractivity contribution in [1.82, 2.24) is 25.4 Å². The number of amides is 2. The third-order valence-corrected chi connectivity index (χ3v) is 4.15. The third kappa shape index (κ3) is 2.84. The number of aryl methyl sites for hydroxylation is 3. The summed E-state index contributed by atoms with van der Waals surface area (Å²) in [6.07, 6.45) is 4.85. The Kier molecular flexibility index (Phi) is 3.87. The van der Waals surface area contributed by atoms with Gasteiger partial charge in [0, 0.05) is 18.3 Å². The first-order valence-corrected chi connectivity index (χ1v) is 7.52. The standard InChI is InChI=1S/C15H21N5O2/c1-9-10(2)22-14(18-9)8-16-15(21)19-12-5-4-6-13-11(12)7-17-20(13)3/h7,12H,4-6,8H2,1-3H3,(H2,16,19,21)/t12-/m0/s1. The first-order chi connectivity index (χ1) is 10.5. The quantitative estimate of drug-likeness (QED) is 0.907. The molecule has 0 aromatic carbocycles. The highest BCUT2D eigenvalue weighted by molar-refractivity contribution is 5.74. The van der Waals surface area contributed by atoms with Gasteiger partial charge in [0.25, 0.3) is 0 Å². The Hall–Kier alpha value is -2.31. The van der Waals surface area contributed by atoms with E-state index in [1.807, 2.05) is 31.8 Å². The van der Waals surface area contributed by atoms with Crippen molar-refractivity contribution in [2.75, 3.05) is 0 Å². The molecule has 2 aromatic rings. The molecule has 2 heterocycles. The molecule has 0 radical (unpaired) electrons. The maximum absolute atomic E-state index is 12.1. The van der Waals surface area contributed by atoms with Gasteiger partial charge in [0.2, 0.25) is 5.89 Å². The van der Waals surface area contributed by atoms with Gasteiger partial charge in [-0.1, -0.05) is 0 Å². The lowest BCUT2D eigenvalue weighted by atomic mass is 9.93. The summed E-state index contributed by atoms with van der Waals surface area (Å²) >= 11 is 0. The molecule has 7 nitrogen and oxygen atoms in total. The van der Waals surface area contributed by atoms with Gasteiger partial charge in [-0.2, -0.15) is 5.10 Å². The van der Waals surface area contributed by atoms with Crippen LogP contribution in [0, 0.1) is 13.8 Å². The fourth-order valence-corrected chi connectivity index (χ4v) is 2.84. The minimum Gasteiger partial charge on any atom is -0.444 e. The molecule has 1 aliphatic carbocycles. The Morgan fingerprint density at radius 3 is 3.05 bits per heavy atom. The highest BCUT2D eigenvalue weighted by Crippen LogP contribution is 2.28. The van der Waals surface area contributed by atoms with Gasteiger partial charge in [-0.25, -0.2) is 9.78 Å². The van der Waals surface area contributed by atoms with Crippen molar-refractivity contribution in [2.24, 2.45) is 7.05 Å². The average Bonchev–Trinajstić information content (AvgIpc) is 3.02. The van der Waals surface area contributed by atoms with Gasteiger partial charge in [-0.05, 0) is 33.1 Å². The molecule has 0 bridgehead atoms. The van der Waals surface area contributed by atoms with Crippen molar-refractivity contribution >= 4 is 6.03 Å². The third-order valence-electron chi connectivity index (χ3n) is 4.15. The Labute approximate surface area is 129 Å². The normalized spacial score (nSPS) is 17.1. The maximum atomic E-state index is 12.1. The zero-order valence-corrected chi connectivity index (χ0v) is 13.1. The number of nitrogens with zero attached hydrogens (tertiary/aromatic N) is 3. The average molecular weight is 303 g/mol. The second-order valence-corrected chi connectivity index (χ2v) is 5.69. The van der Waals surface area contributed by atoms with E-state index in [1.54, 1.807) is 0 Å². The number of carbonyl (C=O) groups is 1. The summed E-state index contributed by atoms with van der Waals surface area (Å²) in [5.74, 6) is 1.31. The van der Waals surface area contributed by atoms with Crippen molar-refractivity contribution in [2.45, 2.75) is 45.7 Å². The number of hydrogen-bond acceptors (Lipinski definition) is 4. The molecule has 0 spiro atoms. The van der Waals surface area contributed by atoms with Gasteiger partial charge in [0.05, 0.1) is 24.5 Å². The highest BCUT2D eigenvalue weighted by atomic mass is 16.4. The van der Waals surface area contributed by atoms with E-state index < -0.39 is 0 Å². The van der Waals surface area contributed by atoms with Gasteiger partial charge < -0.3 is 15.1 Å². The molecule has 3 rings (SSSR count). The van der Waals surface area contributed by atoms with Crippen molar-refractivity contribution in [1.29, 1.82) is 0 Å². The Bertz CT molecular complexity index is 669. The van der Waals surface area contributed by atoms with Gasteiger partial charge in [0.1, 0.15) is 5.76 Å². The lowest BCUT2D eigenvalue weighted by Gasteiger charge is -2.23. The first kappa shape index (κ1) is 14.6. The number of rotatable bonds is 3. The lowest BCUT2D eigenvalue weighted by Crippen LogP contribution is -2.38. The minimum absolute atomic E-state index is 0.0190. The molecule has 0 saturated heterocycles. The fourth-order valence-electron chi connectivity index (χ4n) is 2.84. The van der Waals surface area contributed by atoms with E-state index in [1.165, 1.54) is 5.69 Å². The predicted octanol–water partition coefficient (Wildman–Crippen LogP) is 1.90. The molecular weight excluding hydrogens is 282 g/mol. The molecule has 7 heteroatoms. The zero-order valence-electron chi connectivity index (χ0n) is 13.1. The number of nitrogens with one attached hydrogen (secondary N) is 2. The van der Waals surface area contributed by atoms with Crippen LogP contribution in [0.5, 0.6) is 0 Å². The summed E-state index contributed by atoms with van der Waals surface area (Å²) in [7, 11) is 1.94. The monoisotopic (exact) mass is 303 g/mol. The molecule has 0 unspecified atom stereocenters. The summed E-state index contributed by atoms with van der Waals surface area (Å²) in [4.78, 5) is 16.3. The molecule has 118 valence electrons. The van der Waals surface area contributed by atoms with Gasteiger partial charge >= 0.3 is 6.03 Å². The predicted molar refractivity (Wildman–Crippen MR) is 80.2 cm³/mol. The Morgan fingerprint density at radius 2 is 2.32 bits per heavy atom. The molecular formula is C15H21N5O2. The van der Waals surface area contributed by atoms with E-state index in [0.29, 0.717) is 5.89 Å². The molecule has 1 atom stereocenters. The van der Waals surface area contributed by atoms with Crippen LogP contribution in [-0.4, -0.2) is 20.8 Å². The molecule has 1 aliphatic rings. The van der Waals surface area contributed by atoms with Crippen LogP contribution in [0.25, 0.3) is 0 Å². The van der Waals surface area contributed by atoms with Crippen LogP contribution in [0.15, 0.2) is 10.6 Å². The van der Waals surface area contributed by atoms with E-state index in [0.717, 1.165) is 36.3 Å². The Morgan fingerprint density at radius 1 is 1.50 bits per heavy atom. The second kappa shape index (κ2) is 5.82. The summed E-state index contributed by atoms with van der Waals surface area (Å²) in [6.45, 7) is 4.03. The van der Waals surface area contributed by atoms with E-state index in [4.69, 9.17) is 4.42 Å². The number of fused-ring (bicyclic) bond motifs is 1. The summed E-state index contributed by atoms with van der Waals surface area (Å²) in [5, 5.41) is 10.1. The van der Waals surface area contributed by atoms with Crippen LogP contribution in [0.1, 0.15) is 47.5 Å². The summed E-state index contributed by atoms with van der Waals surface area (Å²) in [6, 6.07) is -0.194. The van der Waals surface area contributed by atoms with Crippen LogP contribution in [0.4, 0.5) is 4.79 Å². The molecule has 2 aromatic heterocycles. The summed E-state index contributed by atoms with van der Waals surface area (Å²) < 4.78 is 7.34. The van der Waals surface area contributed by atoms with Crippen LogP contribution >= 0.6 is 0 Å². The smallest absolute Gasteiger partial charge is 0.315 e. The molecule has 0 fully saturated rings. The fraction of sp³-hybridized carbons (Fsp3) is 0.533. The van der Waals surface area contributed by atoms with Gasteiger partial charge in [-0.3, -0.25) is 4.68 Å². The van der Waals surface area contributed by atoms with Gasteiger partial charge in [0.15, 0.2) is 0 Å². The van der Waals surface area contributed by atoms with Crippen LogP contribution < -0.4 is 10.6 Å². The van der Waals surface area contributed by atoms with Crippen molar-refractivity contribution in [3.05, 3.63) is 34.8 Å². The molecule has 0 aliphatic heterocycles. The van der Waals surface area contributed by atoms with Gasteiger partial charge in [-0.15, -0.1) is 0 Å². The number of urea groups is 1. The highest BCUT2D eigenvalue weighted by Gasteiger charge is 2.24. The molecule has 2 amide bonds. The number of aromatic nitrogens is 3. The van der Waals surface area contributed by atoms with Crippen molar-refractivity contribution in [3.63, 3.8) is 0 Å². The zero-order chi connectivity index (χ0) is 15.7. The van der Waals surface area contributed by atoms with E-state index in [9.17, 15) is 4.79 Å². The second-order valence-electron chi connectivity index (χ2n) is 5.69. The van der Waals surface area contributed by atoms with E-state index in [-0.39, 0.29) is 18.6 Å². The first-order valence-electron chi connectivity index (χ1n) is 7.52. The summed E-state index contributed by atoms with van der Waals surface area (Å²) in [5.41, 5.74) is 3.17. The van der Waals surface area contributed by atoms with Crippen LogP contribution in [-0.2, 0) is 20.0 Å². The maximum Gasteiger partial charge on any atom is 0.315 e. The number of hydrogen-bond donors (Lipinski definition) is 2. The van der Waals surface area contributed by atoms with Crippen LogP contribution in [0.2, 0.25) is 0 Å². The largest absolute Gasteiger partial charge is 0.444 e. The Balaban J connectivity index is 1.58. The SMILES string of the molecule is Cc1nc(CNC(=O)N[C@H]2CCCc3c2cnn3C)oc1C. The lowest BCUT2D eigenvalue weighted by molar-refractivity contribution is 0.233. The van der Waals surface area contributed by atoms with E-state index >= 15 is 0 Å². The number of carbonyl (C=O) groups excluding carboxylic acids is 1. The van der Waals surface area contributed by atoms with Crippen molar-refractivity contribution in [3.8, 4) is 0 Å².